The van der Waals surface area contributed by atoms with Gasteiger partial charge in [0, 0.05) is 17.3 Å². The van der Waals surface area contributed by atoms with Crippen LogP contribution in [0.15, 0.2) is 40.8 Å². The van der Waals surface area contributed by atoms with Crippen molar-refractivity contribution in [2.75, 3.05) is 5.32 Å². The fourth-order valence-corrected chi connectivity index (χ4v) is 2.01. The van der Waals surface area contributed by atoms with Gasteiger partial charge in [-0.25, -0.2) is 0 Å². The van der Waals surface area contributed by atoms with Crippen molar-refractivity contribution in [3.05, 3.63) is 53.5 Å². The van der Waals surface area contributed by atoms with Gasteiger partial charge in [-0.1, -0.05) is 0 Å². The maximum absolute atomic E-state index is 11.8. The number of hydrogen-bond donors (Lipinski definition) is 2. The van der Waals surface area contributed by atoms with E-state index < -0.39 is 0 Å². The highest BCUT2D eigenvalue weighted by Crippen LogP contribution is 2.20. The highest BCUT2D eigenvalue weighted by atomic mass is 16.3. The fourth-order valence-electron chi connectivity index (χ4n) is 2.01. The molecule has 4 nitrogen and oxygen atoms in total. The van der Waals surface area contributed by atoms with Crippen LogP contribution >= 0.6 is 0 Å². The lowest BCUT2D eigenvalue weighted by Gasteiger charge is -2.06. The lowest BCUT2D eigenvalue weighted by molar-refractivity contribution is 0.0951. The summed E-state index contributed by atoms with van der Waals surface area (Å²) in [6.07, 6.45) is 2.21. The average Bonchev–Trinajstić information content (AvgIpc) is 3.17. The predicted molar refractivity (Wildman–Crippen MR) is 77.7 cm³/mol. The van der Waals surface area contributed by atoms with Crippen molar-refractivity contribution in [2.45, 2.75) is 32.4 Å². The van der Waals surface area contributed by atoms with Gasteiger partial charge in [0.05, 0.1) is 6.54 Å². The molecule has 2 N–H and O–H groups in total. The van der Waals surface area contributed by atoms with E-state index in [2.05, 4.69) is 10.6 Å². The first-order valence-corrected chi connectivity index (χ1v) is 6.91. The molecule has 1 saturated carbocycles. The molecule has 0 radical (unpaired) electrons. The zero-order chi connectivity index (χ0) is 13.9. The zero-order valence-corrected chi connectivity index (χ0v) is 11.5. The maximum Gasteiger partial charge on any atom is 0.251 e. The van der Waals surface area contributed by atoms with Crippen molar-refractivity contribution < 1.29 is 9.21 Å². The fraction of sp³-hybridized carbons (Fsp3) is 0.312. The van der Waals surface area contributed by atoms with Crippen LogP contribution < -0.4 is 10.6 Å². The molecule has 1 aliphatic carbocycles. The van der Waals surface area contributed by atoms with Crippen LogP contribution in [-0.2, 0) is 6.54 Å². The van der Waals surface area contributed by atoms with Gasteiger partial charge in [-0.15, -0.1) is 0 Å². The molecule has 0 atom stereocenters. The molecule has 1 amide bonds. The molecule has 0 aliphatic heterocycles. The third-order valence-electron chi connectivity index (χ3n) is 3.32. The van der Waals surface area contributed by atoms with Crippen LogP contribution in [0.2, 0.25) is 0 Å². The van der Waals surface area contributed by atoms with E-state index in [1.807, 2.05) is 43.3 Å². The third-order valence-corrected chi connectivity index (χ3v) is 3.32. The Labute approximate surface area is 118 Å². The number of hydrogen-bond acceptors (Lipinski definition) is 3. The second-order valence-corrected chi connectivity index (χ2v) is 5.19. The number of carbonyl (C=O) groups excluding carboxylic acids is 1. The summed E-state index contributed by atoms with van der Waals surface area (Å²) in [6, 6.07) is 11.8. The second kappa shape index (κ2) is 5.41. The number of aryl methyl sites for hydroxylation is 1. The number of furan rings is 1. The Hall–Kier alpha value is -2.23. The standard InChI is InChI=1S/C16H18N2O2/c1-11-2-9-15(20-11)10-17-13-5-3-12(4-6-13)16(19)18-14-7-8-14/h2-6,9,14,17H,7-8,10H2,1H3,(H,18,19). The van der Waals surface area contributed by atoms with Gasteiger partial charge in [0.15, 0.2) is 0 Å². The summed E-state index contributed by atoms with van der Waals surface area (Å²) in [7, 11) is 0. The minimum Gasteiger partial charge on any atom is -0.465 e. The van der Waals surface area contributed by atoms with E-state index in [-0.39, 0.29) is 5.91 Å². The van der Waals surface area contributed by atoms with Gasteiger partial charge < -0.3 is 15.1 Å². The van der Waals surface area contributed by atoms with Crippen molar-refractivity contribution in [3.8, 4) is 0 Å². The van der Waals surface area contributed by atoms with Crippen molar-refractivity contribution in [2.24, 2.45) is 0 Å². The van der Waals surface area contributed by atoms with E-state index in [4.69, 9.17) is 4.42 Å². The lowest BCUT2D eigenvalue weighted by Crippen LogP contribution is -2.25. The summed E-state index contributed by atoms with van der Waals surface area (Å²) >= 11 is 0. The largest absolute Gasteiger partial charge is 0.465 e. The van der Waals surface area contributed by atoms with Crippen LogP contribution in [0.4, 0.5) is 5.69 Å². The van der Waals surface area contributed by atoms with Gasteiger partial charge in [0.1, 0.15) is 11.5 Å². The highest BCUT2D eigenvalue weighted by molar-refractivity contribution is 5.94. The molecule has 0 spiro atoms. The second-order valence-electron chi connectivity index (χ2n) is 5.19. The summed E-state index contributed by atoms with van der Waals surface area (Å²) in [5, 5.41) is 6.24. The summed E-state index contributed by atoms with van der Waals surface area (Å²) in [4.78, 5) is 11.8. The van der Waals surface area contributed by atoms with Gasteiger partial charge in [-0.2, -0.15) is 0 Å². The molecule has 0 saturated heterocycles. The molecule has 1 aromatic heterocycles. The minimum absolute atomic E-state index is 0.0145. The molecule has 104 valence electrons. The van der Waals surface area contributed by atoms with E-state index in [0.717, 1.165) is 30.0 Å². The SMILES string of the molecule is Cc1ccc(CNc2ccc(C(=O)NC3CC3)cc2)o1. The third kappa shape index (κ3) is 3.20. The van der Waals surface area contributed by atoms with Gasteiger partial charge in [0.25, 0.3) is 5.91 Å². The van der Waals surface area contributed by atoms with Gasteiger partial charge in [0.2, 0.25) is 0 Å². The van der Waals surface area contributed by atoms with Crippen LogP contribution in [0.1, 0.15) is 34.7 Å². The molecule has 3 rings (SSSR count). The first kappa shape index (κ1) is 12.8. The zero-order valence-electron chi connectivity index (χ0n) is 11.5. The Morgan fingerprint density at radius 2 is 1.95 bits per heavy atom. The smallest absolute Gasteiger partial charge is 0.251 e. The molecule has 2 aromatic rings. The Morgan fingerprint density at radius 1 is 1.20 bits per heavy atom. The number of anilines is 1. The van der Waals surface area contributed by atoms with E-state index >= 15 is 0 Å². The first-order valence-electron chi connectivity index (χ1n) is 6.91. The predicted octanol–water partition coefficient (Wildman–Crippen LogP) is 3.09. The molecule has 0 bridgehead atoms. The molecule has 1 aromatic carbocycles. The van der Waals surface area contributed by atoms with Crippen molar-refractivity contribution >= 4 is 11.6 Å². The van der Waals surface area contributed by atoms with Crippen LogP contribution in [0.3, 0.4) is 0 Å². The van der Waals surface area contributed by atoms with Crippen LogP contribution in [0, 0.1) is 6.92 Å². The lowest BCUT2D eigenvalue weighted by atomic mass is 10.2. The van der Waals surface area contributed by atoms with Crippen molar-refractivity contribution in [3.63, 3.8) is 0 Å². The molecular weight excluding hydrogens is 252 g/mol. The van der Waals surface area contributed by atoms with Gasteiger partial charge >= 0.3 is 0 Å². The first-order chi connectivity index (χ1) is 9.70. The quantitative estimate of drug-likeness (QED) is 0.877. The van der Waals surface area contributed by atoms with Crippen LogP contribution in [0.25, 0.3) is 0 Å². The van der Waals surface area contributed by atoms with Crippen molar-refractivity contribution in [1.29, 1.82) is 0 Å². The molecule has 1 fully saturated rings. The van der Waals surface area contributed by atoms with Crippen LogP contribution in [0.5, 0.6) is 0 Å². The normalized spacial score (nSPS) is 14.1. The monoisotopic (exact) mass is 270 g/mol. The molecule has 0 unspecified atom stereocenters. The van der Waals surface area contributed by atoms with Crippen LogP contribution in [-0.4, -0.2) is 11.9 Å². The summed E-state index contributed by atoms with van der Waals surface area (Å²) < 4.78 is 5.49. The topological polar surface area (TPSA) is 54.3 Å². The molecule has 1 aliphatic rings. The highest BCUT2D eigenvalue weighted by Gasteiger charge is 2.23. The van der Waals surface area contributed by atoms with E-state index in [1.54, 1.807) is 0 Å². The molecular formula is C16H18N2O2. The maximum atomic E-state index is 11.8. The molecule has 4 heteroatoms. The number of carbonyl (C=O) groups is 1. The van der Waals surface area contributed by atoms with Gasteiger partial charge in [-0.3, -0.25) is 4.79 Å². The Bertz CT molecular complexity index is 597. The van der Waals surface area contributed by atoms with E-state index in [1.165, 1.54) is 0 Å². The number of rotatable bonds is 5. The summed E-state index contributed by atoms with van der Waals surface area (Å²) in [5.41, 5.74) is 1.68. The molecule has 20 heavy (non-hydrogen) atoms. The Kier molecular flexibility index (Phi) is 3.46. The van der Waals surface area contributed by atoms with Crippen molar-refractivity contribution in [1.82, 2.24) is 5.32 Å². The Morgan fingerprint density at radius 3 is 2.55 bits per heavy atom. The number of amides is 1. The van der Waals surface area contributed by atoms with Gasteiger partial charge in [-0.05, 0) is 56.2 Å². The van der Waals surface area contributed by atoms with E-state index in [9.17, 15) is 4.79 Å². The van der Waals surface area contributed by atoms with E-state index in [0.29, 0.717) is 18.2 Å². The number of benzene rings is 1. The minimum atomic E-state index is 0.0145. The average molecular weight is 270 g/mol. The summed E-state index contributed by atoms with van der Waals surface area (Å²) in [6.45, 7) is 2.57. The molecule has 1 heterocycles. The number of nitrogens with one attached hydrogen (secondary N) is 2. The summed E-state index contributed by atoms with van der Waals surface area (Å²) in [5.74, 6) is 1.83. The Balaban J connectivity index is 1.56.